The lowest BCUT2D eigenvalue weighted by Crippen LogP contribution is -1.67. The van der Waals surface area contributed by atoms with Gasteiger partial charge in [0.1, 0.15) is 0 Å². The Morgan fingerprint density at radius 2 is 0.200 bits per heavy atom. The third kappa shape index (κ3) is 80.4. The van der Waals surface area contributed by atoms with E-state index in [1.165, 1.54) is 83.7 Å². The summed E-state index contributed by atoms with van der Waals surface area (Å²) < 4.78 is 0. The van der Waals surface area contributed by atoms with Crippen molar-refractivity contribution in [3.05, 3.63) is 182 Å². The van der Waals surface area contributed by atoms with Gasteiger partial charge in [0, 0.05) is 0 Å². The van der Waals surface area contributed by atoms with Gasteiger partial charge >= 0.3 is 0 Å². The molecule has 0 saturated heterocycles. The first-order chi connectivity index (χ1) is 34.2. The van der Waals surface area contributed by atoms with Gasteiger partial charge in [-0.3, -0.25) is 0 Å². The van der Waals surface area contributed by atoms with E-state index in [9.17, 15) is 0 Å². The third-order valence-electron chi connectivity index (χ3n) is 5.64. The fraction of sp³-hybridized carbons (Fsp3) is 0.486. The van der Waals surface area contributed by atoms with Crippen LogP contribution in [-0.2, 0) is 0 Å². The lowest BCUT2D eigenvalue weighted by molar-refractivity contribution is 1.09. The van der Waals surface area contributed by atoms with Gasteiger partial charge in [0.2, 0.25) is 0 Å². The van der Waals surface area contributed by atoms with Crippen molar-refractivity contribution in [1.82, 2.24) is 0 Å². The van der Waals surface area contributed by atoms with Crippen LogP contribution in [0.2, 0.25) is 0 Å². The highest BCUT2D eigenvalue weighted by Gasteiger charge is 1.87. The lowest BCUT2D eigenvalue weighted by Gasteiger charge is -1.92. The molecule has 0 amide bonds. The standard InChI is InChI=1S/3C10H8.C6H6.8C3H8.5C2H6/c3*1-2-6-10-8-4-3-7-9(10)5-1;1-2-4-6-5-3-1;8*1-3-2;5*1-2/h3*1-8H;1-6H;8*3H2,1-2H3;5*1-2H3. The quantitative estimate of drug-likeness (QED) is 0.142. The summed E-state index contributed by atoms with van der Waals surface area (Å²) in [4.78, 5) is 0. The predicted molar refractivity (Wildman–Crippen MR) is 343 cm³/mol. The van der Waals surface area contributed by atoms with E-state index in [0.29, 0.717) is 0 Å². The molecular formula is C70H124. The molecule has 7 aromatic rings. The number of hydrogen-bond acceptors (Lipinski definition) is 0. The maximum atomic E-state index is 2.12. The minimum atomic E-state index is 1.25. The van der Waals surface area contributed by atoms with Crippen LogP contribution in [0, 0.1) is 0 Å². The van der Waals surface area contributed by atoms with E-state index < -0.39 is 0 Å². The summed E-state index contributed by atoms with van der Waals surface area (Å²) in [7, 11) is 0. The average Bonchev–Trinajstić information content (AvgIpc) is 3.42. The smallest absolute Gasteiger partial charge is 0.0184 e. The van der Waals surface area contributed by atoms with Crippen molar-refractivity contribution in [2.75, 3.05) is 0 Å². The van der Waals surface area contributed by atoms with Crippen molar-refractivity contribution in [1.29, 1.82) is 0 Å². The van der Waals surface area contributed by atoms with Gasteiger partial charge in [0.15, 0.2) is 0 Å². The van der Waals surface area contributed by atoms with Crippen LogP contribution in [-0.4, -0.2) is 0 Å². The summed E-state index contributed by atoms with van der Waals surface area (Å²) in [6.07, 6.45) is 10.0. The topological polar surface area (TPSA) is 0 Å². The summed E-state index contributed by atoms with van der Waals surface area (Å²) in [6, 6.07) is 62.1. The Morgan fingerprint density at radius 1 is 0.143 bits per heavy atom. The first-order valence-electron chi connectivity index (χ1n) is 28.5. The van der Waals surface area contributed by atoms with Crippen molar-refractivity contribution in [3.63, 3.8) is 0 Å². The summed E-state index contributed by atoms with van der Waals surface area (Å²) in [6.45, 7) is 54.0. The average molecular weight is 966 g/mol. The SMILES string of the molecule is CC.CC.CC.CC.CC.CCC.CCC.CCC.CCC.CCC.CCC.CCC.CCC.c1ccc2ccccc2c1.c1ccc2ccccc2c1.c1ccc2ccccc2c1.c1ccccc1. The largest absolute Gasteiger partial charge is 0.0683 e. The number of fused-ring (bicyclic) bond motifs is 3. The summed E-state index contributed by atoms with van der Waals surface area (Å²) in [5.74, 6) is 0. The molecule has 0 spiro atoms. The molecule has 0 aliphatic rings. The fourth-order valence-electron chi connectivity index (χ4n) is 3.78. The van der Waals surface area contributed by atoms with Crippen LogP contribution in [0.25, 0.3) is 32.3 Å². The highest BCUT2D eigenvalue weighted by molar-refractivity contribution is 5.83. The maximum Gasteiger partial charge on any atom is -0.0184 e. The molecule has 0 heteroatoms. The van der Waals surface area contributed by atoms with E-state index in [1.807, 2.05) is 106 Å². The van der Waals surface area contributed by atoms with Crippen molar-refractivity contribution < 1.29 is 0 Å². The lowest BCUT2D eigenvalue weighted by atomic mass is 10.1. The minimum Gasteiger partial charge on any atom is -0.0683 e. The minimum absolute atomic E-state index is 1.25. The Labute approximate surface area is 443 Å². The van der Waals surface area contributed by atoms with Gasteiger partial charge in [0.25, 0.3) is 0 Å². The van der Waals surface area contributed by atoms with Crippen molar-refractivity contribution in [2.24, 2.45) is 0 Å². The molecule has 0 bridgehead atoms. The van der Waals surface area contributed by atoms with E-state index in [0.717, 1.165) is 0 Å². The molecule has 7 aromatic carbocycles. The van der Waals surface area contributed by atoms with Crippen LogP contribution >= 0.6 is 0 Å². The summed E-state index contributed by atoms with van der Waals surface area (Å²) in [5, 5.41) is 7.86. The van der Waals surface area contributed by atoms with Crippen LogP contribution in [0.15, 0.2) is 182 Å². The van der Waals surface area contributed by atoms with Crippen LogP contribution in [0.1, 0.15) is 231 Å². The molecule has 0 aliphatic carbocycles. The van der Waals surface area contributed by atoms with Gasteiger partial charge in [-0.2, -0.15) is 0 Å². The van der Waals surface area contributed by atoms with E-state index in [4.69, 9.17) is 0 Å². The zero-order chi connectivity index (χ0) is 56.3. The maximum absolute atomic E-state index is 2.12. The third-order valence-corrected chi connectivity index (χ3v) is 5.64. The van der Waals surface area contributed by atoms with Gasteiger partial charge < -0.3 is 0 Å². The van der Waals surface area contributed by atoms with Crippen LogP contribution in [0.5, 0.6) is 0 Å². The molecular weight excluding hydrogens is 841 g/mol. The Kier molecular flexibility index (Phi) is 124. The zero-order valence-corrected chi connectivity index (χ0v) is 52.0. The Balaban J connectivity index is -0.0000000717. The van der Waals surface area contributed by atoms with E-state index >= 15 is 0 Å². The van der Waals surface area contributed by atoms with Crippen LogP contribution < -0.4 is 0 Å². The highest BCUT2D eigenvalue weighted by Crippen LogP contribution is 2.13. The highest BCUT2D eigenvalue weighted by atomic mass is 13.9. The van der Waals surface area contributed by atoms with Gasteiger partial charge in [-0.25, -0.2) is 0 Å². The molecule has 0 N–H and O–H groups in total. The molecule has 0 saturated carbocycles. The van der Waals surface area contributed by atoms with Gasteiger partial charge in [-0.1, -0.05) is 413 Å². The van der Waals surface area contributed by atoms with Gasteiger partial charge in [-0.05, 0) is 32.3 Å². The van der Waals surface area contributed by atoms with Crippen molar-refractivity contribution in [3.8, 4) is 0 Å². The first-order valence-corrected chi connectivity index (χ1v) is 28.5. The van der Waals surface area contributed by atoms with Crippen molar-refractivity contribution in [2.45, 2.75) is 231 Å². The van der Waals surface area contributed by atoms with E-state index in [2.05, 4.69) is 256 Å². The zero-order valence-electron chi connectivity index (χ0n) is 52.0. The predicted octanol–water partition coefficient (Wildman–Crippen LogP) is 26.7. The number of rotatable bonds is 0. The van der Waals surface area contributed by atoms with Crippen LogP contribution in [0.3, 0.4) is 0 Å². The number of hydrogen-bond donors (Lipinski definition) is 0. The molecule has 7 rings (SSSR count). The van der Waals surface area contributed by atoms with Gasteiger partial charge in [-0.15, -0.1) is 0 Å². The second-order valence-corrected chi connectivity index (χ2v) is 13.9. The Bertz CT molecular complexity index is 1300. The molecule has 70 heavy (non-hydrogen) atoms. The van der Waals surface area contributed by atoms with Crippen molar-refractivity contribution >= 4 is 32.3 Å². The Morgan fingerprint density at radius 3 is 0.257 bits per heavy atom. The number of benzene rings is 7. The normalized spacial score (nSPS) is 7.46. The van der Waals surface area contributed by atoms with Crippen LogP contribution in [0.4, 0.5) is 0 Å². The van der Waals surface area contributed by atoms with E-state index in [-0.39, 0.29) is 0 Å². The molecule has 0 heterocycles. The van der Waals surface area contributed by atoms with Gasteiger partial charge in [0.05, 0.1) is 0 Å². The fourth-order valence-corrected chi connectivity index (χ4v) is 3.78. The Hall–Kier alpha value is -4.68. The summed E-state index contributed by atoms with van der Waals surface area (Å²) in [5.41, 5.74) is 0. The first kappa shape index (κ1) is 88.3. The molecule has 0 aliphatic heterocycles. The molecule has 0 atom stereocenters. The molecule has 0 unspecified atom stereocenters. The monoisotopic (exact) mass is 965 g/mol. The molecule has 0 nitrogen and oxygen atoms in total. The second-order valence-electron chi connectivity index (χ2n) is 13.9. The molecule has 0 aromatic heterocycles. The molecule has 404 valence electrons. The van der Waals surface area contributed by atoms with E-state index in [1.54, 1.807) is 0 Å². The molecule has 0 fully saturated rings. The second kappa shape index (κ2) is 97.9. The summed E-state index contributed by atoms with van der Waals surface area (Å²) >= 11 is 0. The molecule has 0 radical (unpaired) electrons.